The van der Waals surface area contributed by atoms with Gasteiger partial charge in [0.05, 0.1) is 17.0 Å². The molecule has 0 aliphatic carbocycles. The Balaban J connectivity index is 1.90. The first-order valence-electron chi connectivity index (χ1n) is 7.62. The van der Waals surface area contributed by atoms with Gasteiger partial charge in [0.2, 0.25) is 6.79 Å². The maximum Gasteiger partial charge on any atom is 0.312 e. The zero-order chi connectivity index (χ0) is 17.7. The number of aromatic hydroxyl groups is 1. The quantitative estimate of drug-likeness (QED) is 0.502. The summed E-state index contributed by atoms with van der Waals surface area (Å²) in [7, 11) is 0. The molecule has 0 spiro atoms. The molecular formula is C18H13ClO6. The fourth-order valence-electron chi connectivity index (χ4n) is 3.21. The van der Waals surface area contributed by atoms with Crippen LogP contribution in [0.15, 0.2) is 24.3 Å². The SMILES string of the molecule is CC(=O)c1ccc2c(c1O)[C@H](c1cc(Cl)c3c(c1)OCO3)CC(=O)O2. The highest BCUT2D eigenvalue weighted by Gasteiger charge is 2.34. The maximum atomic E-state index is 12.0. The number of hydrogen-bond donors (Lipinski definition) is 1. The molecule has 128 valence electrons. The molecule has 1 N–H and O–H groups in total. The summed E-state index contributed by atoms with van der Waals surface area (Å²) in [6.07, 6.45) is 0.0118. The molecule has 0 saturated heterocycles. The van der Waals surface area contributed by atoms with Gasteiger partial charge in [-0.1, -0.05) is 11.6 Å². The van der Waals surface area contributed by atoms with Crippen LogP contribution in [0.1, 0.15) is 40.7 Å². The van der Waals surface area contributed by atoms with Gasteiger partial charge >= 0.3 is 5.97 Å². The van der Waals surface area contributed by atoms with E-state index in [4.69, 9.17) is 25.8 Å². The number of Topliss-reactive ketones (excluding diaryl/α,β-unsaturated/α-hetero) is 1. The second-order valence-corrected chi connectivity index (χ2v) is 6.30. The average Bonchev–Trinajstić information content (AvgIpc) is 3.03. The third-order valence-corrected chi connectivity index (χ3v) is 4.63. The normalized spacial score (nSPS) is 17.8. The van der Waals surface area contributed by atoms with Gasteiger partial charge in [0.15, 0.2) is 17.3 Å². The molecule has 1 atom stereocenters. The molecule has 0 fully saturated rings. The van der Waals surface area contributed by atoms with Gasteiger partial charge in [0.25, 0.3) is 0 Å². The van der Waals surface area contributed by atoms with Crippen LogP contribution >= 0.6 is 11.6 Å². The van der Waals surface area contributed by atoms with Crippen LogP contribution in [0, 0.1) is 0 Å². The second-order valence-electron chi connectivity index (χ2n) is 5.90. The van der Waals surface area contributed by atoms with Gasteiger partial charge in [0, 0.05) is 11.5 Å². The summed E-state index contributed by atoms with van der Waals surface area (Å²) < 4.78 is 15.9. The smallest absolute Gasteiger partial charge is 0.312 e. The molecule has 2 aromatic rings. The van der Waals surface area contributed by atoms with Crippen LogP contribution in [0.2, 0.25) is 5.02 Å². The molecular weight excluding hydrogens is 348 g/mol. The fourth-order valence-corrected chi connectivity index (χ4v) is 3.48. The Morgan fingerprint density at radius 1 is 1.24 bits per heavy atom. The Morgan fingerprint density at radius 2 is 2.04 bits per heavy atom. The standard InChI is InChI=1S/C18H13ClO6/c1-8(20)10-2-3-13-16(17(10)22)11(6-15(21)25-13)9-4-12(19)18-14(5-9)23-7-24-18/h2-5,11,22H,6-7H2,1H3/t11-/m0/s1. The number of ketones is 1. The third-order valence-electron chi connectivity index (χ3n) is 4.35. The molecule has 6 nitrogen and oxygen atoms in total. The lowest BCUT2D eigenvalue weighted by Gasteiger charge is -2.26. The first-order chi connectivity index (χ1) is 12.0. The van der Waals surface area contributed by atoms with E-state index in [9.17, 15) is 14.7 Å². The Morgan fingerprint density at radius 3 is 2.80 bits per heavy atom. The summed E-state index contributed by atoms with van der Waals surface area (Å²) in [5.41, 5.74) is 1.24. The van der Waals surface area contributed by atoms with Crippen molar-refractivity contribution in [1.29, 1.82) is 0 Å². The van der Waals surface area contributed by atoms with E-state index in [1.54, 1.807) is 12.1 Å². The van der Waals surface area contributed by atoms with Crippen molar-refractivity contribution in [3.05, 3.63) is 46.0 Å². The number of ether oxygens (including phenoxy) is 3. The Hall–Kier alpha value is -2.73. The van der Waals surface area contributed by atoms with Crippen LogP contribution in [-0.2, 0) is 4.79 Å². The van der Waals surface area contributed by atoms with Gasteiger partial charge in [-0.3, -0.25) is 9.59 Å². The van der Waals surface area contributed by atoms with Gasteiger partial charge in [-0.25, -0.2) is 0 Å². The van der Waals surface area contributed by atoms with Crippen LogP contribution in [0.25, 0.3) is 0 Å². The highest BCUT2D eigenvalue weighted by atomic mass is 35.5. The fraction of sp³-hybridized carbons (Fsp3) is 0.222. The summed E-state index contributed by atoms with van der Waals surface area (Å²) in [6, 6.07) is 6.35. The number of hydrogen-bond acceptors (Lipinski definition) is 6. The molecule has 0 amide bonds. The minimum absolute atomic E-state index is 0.0118. The molecule has 0 aromatic heterocycles. The van der Waals surface area contributed by atoms with E-state index < -0.39 is 11.9 Å². The van der Waals surface area contributed by atoms with Crippen LogP contribution in [0.3, 0.4) is 0 Å². The number of halogens is 1. The predicted molar refractivity (Wildman–Crippen MR) is 87.8 cm³/mol. The van der Waals surface area contributed by atoms with Gasteiger partial charge in [-0.2, -0.15) is 0 Å². The van der Waals surface area contributed by atoms with Gasteiger partial charge in [-0.05, 0) is 36.8 Å². The van der Waals surface area contributed by atoms with Crippen LogP contribution in [-0.4, -0.2) is 23.7 Å². The van der Waals surface area contributed by atoms with E-state index in [-0.39, 0.29) is 36.1 Å². The molecule has 2 heterocycles. The number of rotatable bonds is 2. The number of carbonyl (C=O) groups excluding carboxylic acids is 2. The van der Waals surface area contributed by atoms with Gasteiger partial charge in [-0.15, -0.1) is 0 Å². The third kappa shape index (κ3) is 2.49. The lowest BCUT2D eigenvalue weighted by atomic mass is 9.84. The van der Waals surface area contributed by atoms with Crippen molar-refractivity contribution in [1.82, 2.24) is 0 Å². The molecule has 0 saturated carbocycles. The molecule has 7 heteroatoms. The van der Waals surface area contributed by atoms with Crippen molar-refractivity contribution in [2.45, 2.75) is 19.3 Å². The summed E-state index contributed by atoms with van der Waals surface area (Å²) >= 11 is 6.24. The number of esters is 1. The van der Waals surface area contributed by atoms with Gasteiger partial charge in [0.1, 0.15) is 11.5 Å². The van der Waals surface area contributed by atoms with Crippen LogP contribution in [0.4, 0.5) is 0 Å². The second kappa shape index (κ2) is 5.67. The van der Waals surface area contributed by atoms with E-state index in [1.807, 2.05) is 0 Å². The zero-order valence-electron chi connectivity index (χ0n) is 13.2. The van der Waals surface area contributed by atoms with Crippen LogP contribution in [0.5, 0.6) is 23.0 Å². The Bertz CT molecular complexity index is 920. The van der Waals surface area contributed by atoms with Gasteiger partial charge < -0.3 is 19.3 Å². The monoisotopic (exact) mass is 360 g/mol. The number of benzene rings is 2. The number of carbonyl (C=O) groups is 2. The molecule has 4 rings (SSSR count). The first-order valence-corrected chi connectivity index (χ1v) is 8.00. The largest absolute Gasteiger partial charge is 0.507 e. The van der Waals surface area contributed by atoms with E-state index in [1.165, 1.54) is 19.1 Å². The van der Waals surface area contributed by atoms with E-state index >= 15 is 0 Å². The summed E-state index contributed by atoms with van der Waals surface area (Å²) in [5, 5.41) is 10.9. The summed E-state index contributed by atoms with van der Waals surface area (Å²) in [6.45, 7) is 1.43. The highest BCUT2D eigenvalue weighted by molar-refractivity contribution is 6.32. The predicted octanol–water partition coefficient (Wildman–Crippen LogP) is 3.42. The molecule has 2 aromatic carbocycles. The van der Waals surface area contributed by atoms with Crippen molar-refractivity contribution in [2.24, 2.45) is 0 Å². The number of phenolic OH excluding ortho intramolecular Hbond substituents is 1. The molecule has 0 radical (unpaired) electrons. The topological polar surface area (TPSA) is 82.1 Å². The van der Waals surface area contributed by atoms with Crippen molar-refractivity contribution < 1.29 is 28.9 Å². The zero-order valence-corrected chi connectivity index (χ0v) is 13.9. The Labute approximate surface area is 147 Å². The van der Waals surface area contributed by atoms with E-state index in [2.05, 4.69) is 0 Å². The average molecular weight is 361 g/mol. The van der Waals surface area contributed by atoms with E-state index in [0.29, 0.717) is 27.6 Å². The lowest BCUT2D eigenvalue weighted by Crippen LogP contribution is -2.21. The molecule has 2 aliphatic rings. The van der Waals surface area contributed by atoms with Crippen molar-refractivity contribution in [3.63, 3.8) is 0 Å². The molecule has 2 aliphatic heterocycles. The minimum atomic E-state index is -0.512. The molecule has 25 heavy (non-hydrogen) atoms. The van der Waals surface area contributed by atoms with Crippen molar-refractivity contribution >= 4 is 23.4 Å². The van der Waals surface area contributed by atoms with Crippen LogP contribution < -0.4 is 14.2 Å². The maximum absolute atomic E-state index is 12.0. The summed E-state index contributed by atoms with van der Waals surface area (Å²) in [5.74, 6) is -0.242. The minimum Gasteiger partial charge on any atom is -0.507 e. The molecule has 0 unspecified atom stereocenters. The van der Waals surface area contributed by atoms with Crippen molar-refractivity contribution in [2.75, 3.05) is 6.79 Å². The highest BCUT2D eigenvalue weighted by Crippen LogP contribution is 2.48. The summed E-state index contributed by atoms with van der Waals surface area (Å²) in [4.78, 5) is 23.7. The Kier molecular flexibility index (Phi) is 3.58. The lowest BCUT2D eigenvalue weighted by molar-refractivity contribution is -0.135. The number of fused-ring (bicyclic) bond motifs is 2. The first kappa shape index (κ1) is 15.8. The molecule has 0 bridgehead atoms. The van der Waals surface area contributed by atoms with Crippen molar-refractivity contribution in [3.8, 4) is 23.0 Å². The number of phenols is 1. The van der Waals surface area contributed by atoms with E-state index in [0.717, 1.165) is 0 Å².